The number of hydrogen-bond acceptors (Lipinski definition) is 2. The van der Waals surface area contributed by atoms with E-state index >= 15 is 0 Å². The molecule has 3 heteroatoms. The number of halogens is 1. The second-order valence-corrected chi connectivity index (χ2v) is 5.04. The first-order valence-corrected chi connectivity index (χ1v) is 6.26. The largest absolute Gasteiger partial charge is 0.271 e. The van der Waals surface area contributed by atoms with Crippen molar-refractivity contribution >= 4 is 0 Å². The normalized spacial score (nSPS) is 13.1. The van der Waals surface area contributed by atoms with Crippen LogP contribution in [0.5, 0.6) is 0 Å². The molecule has 0 radical (unpaired) electrons. The summed E-state index contributed by atoms with van der Waals surface area (Å²) >= 11 is 0. The van der Waals surface area contributed by atoms with Crippen LogP contribution in [0.2, 0.25) is 0 Å². The predicted molar refractivity (Wildman–Crippen MR) is 69.9 cm³/mol. The first-order chi connectivity index (χ1) is 8.04. The van der Waals surface area contributed by atoms with E-state index in [4.69, 9.17) is 5.84 Å². The van der Waals surface area contributed by atoms with Gasteiger partial charge in [0.15, 0.2) is 0 Å². The summed E-state index contributed by atoms with van der Waals surface area (Å²) in [5.74, 6) is 6.07. The van der Waals surface area contributed by atoms with Gasteiger partial charge in [-0.3, -0.25) is 11.3 Å². The van der Waals surface area contributed by atoms with Crippen LogP contribution < -0.4 is 11.3 Å². The maximum Gasteiger partial charge on any atom is 0.123 e. The molecular weight excluding hydrogens is 215 g/mol. The van der Waals surface area contributed by atoms with Crippen LogP contribution in [-0.4, -0.2) is 0 Å². The lowest BCUT2D eigenvalue weighted by Crippen LogP contribution is -2.28. The molecule has 0 aliphatic heterocycles. The zero-order valence-corrected chi connectivity index (χ0v) is 11.0. The fourth-order valence-electron chi connectivity index (χ4n) is 2.05. The Morgan fingerprint density at radius 3 is 2.59 bits per heavy atom. The molecule has 2 nitrogen and oxygen atoms in total. The smallest absolute Gasteiger partial charge is 0.123 e. The molecule has 0 bridgehead atoms. The molecule has 1 aromatic carbocycles. The van der Waals surface area contributed by atoms with E-state index in [-0.39, 0.29) is 11.9 Å². The number of benzene rings is 1. The molecule has 0 aliphatic rings. The van der Waals surface area contributed by atoms with Gasteiger partial charge in [-0.05, 0) is 42.5 Å². The predicted octanol–water partition coefficient (Wildman–Crippen LogP) is 3.46. The van der Waals surface area contributed by atoms with Gasteiger partial charge >= 0.3 is 0 Å². The van der Waals surface area contributed by atoms with E-state index in [1.807, 2.05) is 6.92 Å². The van der Waals surface area contributed by atoms with Crippen molar-refractivity contribution in [3.8, 4) is 0 Å². The third kappa shape index (κ3) is 4.44. The van der Waals surface area contributed by atoms with Gasteiger partial charge in [0, 0.05) is 6.04 Å². The quantitative estimate of drug-likeness (QED) is 0.588. The second-order valence-electron chi connectivity index (χ2n) is 5.04. The molecule has 0 saturated heterocycles. The van der Waals surface area contributed by atoms with E-state index in [9.17, 15) is 4.39 Å². The third-order valence-electron chi connectivity index (χ3n) is 3.09. The summed E-state index contributed by atoms with van der Waals surface area (Å²) in [6, 6.07) is 4.91. The minimum atomic E-state index is -0.199. The van der Waals surface area contributed by atoms with Crippen molar-refractivity contribution in [1.82, 2.24) is 5.43 Å². The van der Waals surface area contributed by atoms with E-state index in [2.05, 4.69) is 19.3 Å². The average molecular weight is 238 g/mol. The highest BCUT2D eigenvalue weighted by atomic mass is 19.1. The Balaban J connectivity index is 2.68. The zero-order valence-electron chi connectivity index (χ0n) is 11.0. The fraction of sp³-hybridized carbons (Fsp3) is 0.571. The summed E-state index contributed by atoms with van der Waals surface area (Å²) in [5.41, 5.74) is 4.84. The van der Waals surface area contributed by atoms with Crippen molar-refractivity contribution in [2.45, 2.75) is 46.1 Å². The molecule has 1 aromatic rings. The van der Waals surface area contributed by atoms with Crippen molar-refractivity contribution in [1.29, 1.82) is 0 Å². The van der Waals surface area contributed by atoms with E-state index in [1.54, 1.807) is 12.1 Å². The van der Waals surface area contributed by atoms with Crippen LogP contribution in [0.25, 0.3) is 0 Å². The number of nitrogens with one attached hydrogen (secondary N) is 1. The number of aryl methyl sites for hydroxylation is 1. The van der Waals surface area contributed by atoms with Crippen molar-refractivity contribution in [2.24, 2.45) is 11.8 Å². The topological polar surface area (TPSA) is 38.0 Å². The van der Waals surface area contributed by atoms with Crippen LogP contribution in [0.4, 0.5) is 4.39 Å². The van der Waals surface area contributed by atoms with Crippen molar-refractivity contribution in [3.05, 3.63) is 35.1 Å². The van der Waals surface area contributed by atoms with Gasteiger partial charge in [0.25, 0.3) is 0 Å². The van der Waals surface area contributed by atoms with Crippen molar-refractivity contribution in [2.75, 3.05) is 0 Å². The summed E-state index contributed by atoms with van der Waals surface area (Å²) in [6.45, 7) is 6.40. The Labute approximate surface area is 103 Å². The van der Waals surface area contributed by atoms with Gasteiger partial charge in [-0.25, -0.2) is 4.39 Å². The van der Waals surface area contributed by atoms with E-state index in [1.165, 1.54) is 12.5 Å². The molecule has 0 amide bonds. The summed E-state index contributed by atoms with van der Waals surface area (Å²) in [5, 5.41) is 0. The molecule has 3 N–H and O–H groups in total. The monoisotopic (exact) mass is 238 g/mol. The molecular formula is C14H23FN2. The highest BCUT2D eigenvalue weighted by Crippen LogP contribution is 2.23. The summed E-state index contributed by atoms with van der Waals surface area (Å²) in [7, 11) is 0. The van der Waals surface area contributed by atoms with Gasteiger partial charge in [-0.15, -0.1) is 0 Å². The van der Waals surface area contributed by atoms with Crippen LogP contribution in [0.1, 0.15) is 50.3 Å². The SMILES string of the molecule is Cc1ccc(F)cc1C(CCCC(C)C)NN. The lowest BCUT2D eigenvalue weighted by molar-refractivity contribution is 0.452. The number of hydrazine groups is 1. The number of hydrogen-bond donors (Lipinski definition) is 2. The maximum absolute atomic E-state index is 13.2. The van der Waals surface area contributed by atoms with Crippen LogP contribution in [0, 0.1) is 18.7 Å². The molecule has 1 atom stereocenters. The first kappa shape index (κ1) is 14.1. The molecule has 0 aromatic heterocycles. The van der Waals surface area contributed by atoms with E-state index in [0.717, 1.165) is 24.0 Å². The summed E-state index contributed by atoms with van der Waals surface area (Å²) in [6.07, 6.45) is 3.22. The molecule has 0 spiro atoms. The van der Waals surface area contributed by atoms with Gasteiger partial charge in [0.05, 0.1) is 0 Å². The van der Waals surface area contributed by atoms with Crippen molar-refractivity contribution < 1.29 is 4.39 Å². The maximum atomic E-state index is 13.2. The van der Waals surface area contributed by atoms with Crippen LogP contribution in [0.3, 0.4) is 0 Å². The lowest BCUT2D eigenvalue weighted by atomic mass is 9.95. The molecule has 1 rings (SSSR count). The molecule has 0 heterocycles. The Hall–Kier alpha value is -0.930. The number of nitrogens with two attached hydrogens (primary N) is 1. The van der Waals surface area contributed by atoms with E-state index < -0.39 is 0 Å². The van der Waals surface area contributed by atoms with Gasteiger partial charge < -0.3 is 0 Å². The molecule has 96 valence electrons. The fourth-order valence-corrected chi connectivity index (χ4v) is 2.05. The molecule has 17 heavy (non-hydrogen) atoms. The van der Waals surface area contributed by atoms with Gasteiger partial charge in [0.2, 0.25) is 0 Å². The van der Waals surface area contributed by atoms with Gasteiger partial charge in [0.1, 0.15) is 5.82 Å². The Kier molecular flexibility index (Phi) is 5.59. The molecule has 0 aliphatic carbocycles. The molecule has 1 unspecified atom stereocenters. The lowest BCUT2D eigenvalue weighted by Gasteiger charge is -2.19. The average Bonchev–Trinajstić information content (AvgIpc) is 2.28. The van der Waals surface area contributed by atoms with Gasteiger partial charge in [-0.2, -0.15) is 0 Å². The standard InChI is InChI=1S/C14H23FN2/c1-10(2)5-4-6-14(17-16)13-9-12(15)8-7-11(13)3/h7-10,14,17H,4-6,16H2,1-3H3. The Morgan fingerprint density at radius 1 is 1.29 bits per heavy atom. The van der Waals surface area contributed by atoms with Crippen LogP contribution in [0.15, 0.2) is 18.2 Å². The minimum absolute atomic E-state index is 0.0458. The van der Waals surface area contributed by atoms with Gasteiger partial charge in [-0.1, -0.05) is 32.8 Å². The molecule has 0 saturated carbocycles. The van der Waals surface area contributed by atoms with Crippen LogP contribution in [-0.2, 0) is 0 Å². The highest BCUT2D eigenvalue weighted by molar-refractivity contribution is 5.29. The third-order valence-corrected chi connectivity index (χ3v) is 3.09. The highest BCUT2D eigenvalue weighted by Gasteiger charge is 2.13. The van der Waals surface area contributed by atoms with Crippen molar-refractivity contribution in [3.63, 3.8) is 0 Å². The van der Waals surface area contributed by atoms with Crippen LogP contribution >= 0.6 is 0 Å². The summed E-state index contributed by atoms with van der Waals surface area (Å²) in [4.78, 5) is 0. The number of rotatable bonds is 6. The molecule has 0 fully saturated rings. The Bertz CT molecular complexity index is 350. The summed E-state index contributed by atoms with van der Waals surface area (Å²) < 4.78 is 13.2. The Morgan fingerprint density at radius 2 is 2.00 bits per heavy atom. The second kappa shape index (κ2) is 6.72. The zero-order chi connectivity index (χ0) is 12.8. The van der Waals surface area contributed by atoms with E-state index in [0.29, 0.717) is 5.92 Å². The minimum Gasteiger partial charge on any atom is -0.271 e. The first-order valence-electron chi connectivity index (χ1n) is 6.26.